The zero-order valence-electron chi connectivity index (χ0n) is 11.2. The highest BCUT2D eigenvalue weighted by Gasteiger charge is 2.06. The molecule has 0 atom stereocenters. The van der Waals surface area contributed by atoms with E-state index in [0.29, 0.717) is 11.4 Å². The van der Waals surface area contributed by atoms with Crippen molar-refractivity contribution in [1.29, 1.82) is 15.8 Å². The number of aromatic amines is 1. The first-order valence-corrected chi connectivity index (χ1v) is 6.05. The van der Waals surface area contributed by atoms with Gasteiger partial charge in [-0.3, -0.25) is 4.79 Å². The highest BCUT2D eigenvalue weighted by atomic mass is 16.1. The summed E-state index contributed by atoms with van der Waals surface area (Å²) in [7, 11) is 0. The number of H-pyrrole nitrogens is 1. The van der Waals surface area contributed by atoms with Gasteiger partial charge in [0.1, 0.15) is 23.9 Å². The highest BCUT2D eigenvalue weighted by molar-refractivity contribution is 5.64. The van der Waals surface area contributed by atoms with Gasteiger partial charge in [0.25, 0.3) is 5.56 Å². The number of benzene rings is 1. The Morgan fingerprint density at radius 1 is 1.00 bits per heavy atom. The van der Waals surface area contributed by atoms with Crippen LogP contribution in [0.25, 0.3) is 11.3 Å². The second-order valence-electron chi connectivity index (χ2n) is 4.09. The number of aromatic nitrogens is 2. The van der Waals surface area contributed by atoms with Crippen LogP contribution in [0.4, 0.5) is 5.69 Å². The second-order valence-corrected chi connectivity index (χ2v) is 4.09. The maximum atomic E-state index is 11.0. The van der Waals surface area contributed by atoms with Crippen molar-refractivity contribution in [3.8, 4) is 29.5 Å². The quantitative estimate of drug-likeness (QED) is 0.826. The summed E-state index contributed by atoms with van der Waals surface area (Å²) in [5.74, 6) is 0. The molecule has 0 fully saturated rings. The molecular formula is C15H8N6O. The monoisotopic (exact) mass is 288 g/mol. The van der Waals surface area contributed by atoms with Gasteiger partial charge in [-0.05, 0) is 18.2 Å². The Kier molecular flexibility index (Phi) is 4.30. The number of nitrogens with one attached hydrogen (secondary N) is 2. The minimum Gasteiger partial charge on any atom is -0.345 e. The Hall–Kier alpha value is -3.89. The van der Waals surface area contributed by atoms with Crippen molar-refractivity contribution in [2.24, 2.45) is 0 Å². The van der Waals surface area contributed by atoms with Crippen LogP contribution in [0, 0.1) is 34.0 Å². The minimum atomic E-state index is -0.286. The van der Waals surface area contributed by atoms with Gasteiger partial charge >= 0.3 is 0 Å². The van der Waals surface area contributed by atoms with E-state index in [1.165, 1.54) is 6.07 Å². The fourth-order valence-corrected chi connectivity index (χ4v) is 1.66. The average molecular weight is 288 g/mol. The fraction of sp³-hybridized carbons (Fsp3) is 0. The van der Waals surface area contributed by atoms with Crippen molar-refractivity contribution in [2.75, 3.05) is 5.32 Å². The van der Waals surface area contributed by atoms with Crippen LogP contribution in [0.5, 0.6) is 0 Å². The summed E-state index contributed by atoms with van der Waals surface area (Å²) in [6, 6.07) is 14.9. The summed E-state index contributed by atoms with van der Waals surface area (Å²) in [6.45, 7) is 0. The van der Waals surface area contributed by atoms with Crippen molar-refractivity contribution >= 4 is 5.69 Å². The van der Waals surface area contributed by atoms with Crippen LogP contribution in [0.3, 0.4) is 0 Å². The van der Waals surface area contributed by atoms with E-state index in [4.69, 9.17) is 15.8 Å². The van der Waals surface area contributed by atoms with Gasteiger partial charge in [-0.15, -0.1) is 0 Å². The van der Waals surface area contributed by atoms with Crippen molar-refractivity contribution in [3.63, 3.8) is 0 Å². The number of nitriles is 3. The standard InChI is InChI=1S/C15H8N6O/c16-7-11(8-17)14(9-18)19-12-3-1-10(2-4-12)13-5-6-15(22)21-20-13/h1-6,19H,(H,21,22). The predicted molar refractivity (Wildman–Crippen MR) is 77.8 cm³/mol. The average Bonchev–Trinajstić information content (AvgIpc) is 2.56. The van der Waals surface area contributed by atoms with E-state index in [0.717, 1.165) is 5.56 Å². The number of rotatable bonds is 3. The molecule has 0 saturated heterocycles. The molecule has 0 radical (unpaired) electrons. The maximum Gasteiger partial charge on any atom is 0.264 e. The van der Waals surface area contributed by atoms with Gasteiger partial charge in [-0.25, -0.2) is 5.10 Å². The van der Waals surface area contributed by atoms with Gasteiger partial charge in [0.15, 0.2) is 5.57 Å². The van der Waals surface area contributed by atoms with E-state index in [1.54, 1.807) is 48.5 Å². The first-order chi connectivity index (χ1) is 10.7. The topological polar surface area (TPSA) is 129 Å². The molecule has 0 aliphatic heterocycles. The second kappa shape index (κ2) is 6.51. The molecule has 0 amide bonds. The van der Waals surface area contributed by atoms with Crippen LogP contribution in [0.1, 0.15) is 0 Å². The van der Waals surface area contributed by atoms with Gasteiger partial charge in [-0.2, -0.15) is 20.9 Å². The summed E-state index contributed by atoms with van der Waals surface area (Å²) in [6.07, 6.45) is 0. The van der Waals surface area contributed by atoms with E-state index in [9.17, 15) is 4.79 Å². The first kappa shape index (κ1) is 14.5. The van der Waals surface area contributed by atoms with Gasteiger partial charge < -0.3 is 5.32 Å². The molecule has 2 rings (SSSR count). The lowest BCUT2D eigenvalue weighted by molar-refractivity contribution is 0.995. The Bertz CT molecular complexity index is 867. The van der Waals surface area contributed by atoms with Crippen molar-refractivity contribution < 1.29 is 0 Å². The molecule has 22 heavy (non-hydrogen) atoms. The number of nitrogens with zero attached hydrogens (tertiary/aromatic N) is 4. The maximum absolute atomic E-state index is 11.0. The molecular weight excluding hydrogens is 280 g/mol. The summed E-state index contributed by atoms with van der Waals surface area (Å²) in [4.78, 5) is 11.0. The van der Waals surface area contributed by atoms with E-state index in [-0.39, 0.29) is 16.8 Å². The first-order valence-electron chi connectivity index (χ1n) is 6.05. The summed E-state index contributed by atoms with van der Waals surface area (Å²) in [5, 5.41) is 35.4. The van der Waals surface area contributed by atoms with Crippen LogP contribution in [0.15, 0.2) is 52.5 Å². The third-order valence-corrected chi connectivity index (χ3v) is 2.71. The van der Waals surface area contributed by atoms with E-state index >= 15 is 0 Å². The highest BCUT2D eigenvalue weighted by Crippen LogP contribution is 2.19. The molecule has 7 heteroatoms. The fourth-order valence-electron chi connectivity index (χ4n) is 1.66. The lowest BCUT2D eigenvalue weighted by Gasteiger charge is -2.06. The van der Waals surface area contributed by atoms with Crippen molar-refractivity contribution in [3.05, 3.63) is 58.0 Å². The molecule has 1 aromatic carbocycles. The van der Waals surface area contributed by atoms with E-state index < -0.39 is 0 Å². The van der Waals surface area contributed by atoms with Crippen molar-refractivity contribution in [1.82, 2.24) is 10.2 Å². The molecule has 0 bridgehead atoms. The lowest BCUT2D eigenvalue weighted by Crippen LogP contribution is -2.05. The SMILES string of the molecule is N#CC(C#N)=C(C#N)Nc1ccc(-c2ccc(=O)[nH]n2)cc1. The zero-order valence-corrected chi connectivity index (χ0v) is 11.2. The van der Waals surface area contributed by atoms with Crippen LogP contribution in [0.2, 0.25) is 0 Å². The number of allylic oxidation sites excluding steroid dienone is 2. The number of hydrogen-bond acceptors (Lipinski definition) is 6. The van der Waals surface area contributed by atoms with E-state index in [2.05, 4.69) is 15.5 Å². The number of anilines is 1. The van der Waals surface area contributed by atoms with Crippen LogP contribution >= 0.6 is 0 Å². The smallest absolute Gasteiger partial charge is 0.264 e. The summed E-state index contributed by atoms with van der Waals surface area (Å²) in [5.41, 5.74) is 1.23. The van der Waals surface area contributed by atoms with Gasteiger partial charge in [0.2, 0.25) is 0 Å². The number of hydrogen-bond donors (Lipinski definition) is 2. The van der Waals surface area contributed by atoms with Crippen LogP contribution < -0.4 is 10.9 Å². The molecule has 0 spiro atoms. The third-order valence-electron chi connectivity index (χ3n) is 2.71. The van der Waals surface area contributed by atoms with Gasteiger partial charge in [0.05, 0.1) is 5.69 Å². The third kappa shape index (κ3) is 3.16. The Labute approximate surface area is 125 Å². The minimum absolute atomic E-state index is 0.111. The summed E-state index contributed by atoms with van der Waals surface area (Å²) < 4.78 is 0. The van der Waals surface area contributed by atoms with Crippen LogP contribution in [-0.4, -0.2) is 10.2 Å². The molecule has 0 aliphatic rings. The van der Waals surface area contributed by atoms with Crippen molar-refractivity contribution in [2.45, 2.75) is 0 Å². The molecule has 1 aromatic heterocycles. The van der Waals surface area contributed by atoms with Crippen LogP contribution in [-0.2, 0) is 0 Å². The lowest BCUT2D eigenvalue weighted by atomic mass is 10.1. The molecule has 0 unspecified atom stereocenters. The Morgan fingerprint density at radius 2 is 1.68 bits per heavy atom. The molecule has 104 valence electrons. The molecule has 2 N–H and O–H groups in total. The molecule has 0 aliphatic carbocycles. The van der Waals surface area contributed by atoms with Gasteiger partial charge in [0, 0.05) is 17.3 Å². The van der Waals surface area contributed by atoms with E-state index in [1.807, 2.05) is 0 Å². The molecule has 2 aromatic rings. The summed E-state index contributed by atoms with van der Waals surface area (Å²) >= 11 is 0. The molecule has 1 heterocycles. The zero-order chi connectivity index (χ0) is 15.9. The Morgan fingerprint density at radius 3 is 2.18 bits per heavy atom. The van der Waals surface area contributed by atoms with Gasteiger partial charge in [-0.1, -0.05) is 12.1 Å². The predicted octanol–water partition coefficient (Wildman–Crippen LogP) is 1.67. The Balaban J connectivity index is 2.27. The molecule has 0 saturated carbocycles. The largest absolute Gasteiger partial charge is 0.345 e. The normalized spacial score (nSPS) is 8.95. The molecule has 7 nitrogen and oxygen atoms in total.